The molecule has 2 aliphatic rings. The third-order valence-electron chi connectivity index (χ3n) is 5.40. The lowest BCUT2D eigenvalue weighted by atomic mass is 9.85. The Balaban J connectivity index is 1.48. The van der Waals surface area contributed by atoms with Gasteiger partial charge in [0.25, 0.3) is 0 Å². The number of piperazine rings is 1. The Kier molecular flexibility index (Phi) is 5.22. The maximum atomic E-state index is 4.12. The van der Waals surface area contributed by atoms with Crippen LogP contribution < -0.4 is 4.90 Å². The van der Waals surface area contributed by atoms with E-state index in [0.717, 1.165) is 19.0 Å². The Bertz CT molecular complexity index is 562. The molecule has 2 heteroatoms. The highest BCUT2D eigenvalue weighted by atomic mass is 15.3. The Morgan fingerprint density at radius 1 is 1.13 bits per heavy atom. The van der Waals surface area contributed by atoms with Crippen molar-refractivity contribution in [3.8, 4) is 0 Å². The molecule has 1 aromatic carbocycles. The lowest BCUT2D eigenvalue weighted by molar-refractivity contribution is 0.273. The van der Waals surface area contributed by atoms with Crippen LogP contribution in [-0.2, 0) is 0 Å². The Hall–Kier alpha value is -1.54. The molecule has 23 heavy (non-hydrogen) atoms. The molecule has 0 spiro atoms. The number of benzene rings is 1. The van der Waals surface area contributed by atoms with Crippen LogP contribution in [0.3, 0.4) is 0 Å². The predicted molar refractivity (Wildman–Crippen MR) is 100 cm³/mol. The zero-order valence-electron chi connectivity index (χ0n) is 14.7. The van der Waals surface area contributed by atoms with Crippen LogP contribution in [0.25, 0.3) is 0 Å². The maximum absolute atomic E-state index is 4.12. The Morgan fingerprint density at radius 3 is 2.39 bits per heavy atom. The van der Waals surface area contributed by atoms with Crippen molar-refractivity contribution < 1.29 is 0 Å². The van der Waals surface area contributed by atoms with Crippen LogP contribution >= 0.6 is 0 Å². The number of nitrogens with zero attached hydrogens (tertiary/aromatic N) is 2. The van der Waals surface area contributed by atoms with E-state index in [1.54, 1.807) is 5.57 Å². The van der Waals surface area contributed by atoms with Gasteiger partial charge in [-0.3, -0.25) is 4.90 Å². The predicted octanol–water partition coefficient (Wildman–Crippen LogP) is 4.42. The van der Waals surface area contributed by atoms with E-state index in [1.807, 2.05) is 0 Å². The molecule has 0 unspecified atom stereocenters. The zero-order chi connectivity index (χ0) is 16.2. The molecule has 1 heterocycles. The van der Waals surface area contributed by atoms with Gasteiger partial charge in [-0.05, 0) is 51.2 Å². The van der Waals surface area contributed by atoms with Gasteiger partial charge < -0.3 is 4.90 Å². The van der Waals surface area contributed by atoms with Crippen molar-refractivity contribution in [2.24, 2.45) is 5.92 Å². The van der Waals surface area contributed by atoms with Gasteiger partial charge in [0.1, 0.15) is 0 Å². The fourth-order valence-corrected chi connectivity index (χ4v) is 3.69. The topological polar surface area (TPSA) is 6.48 Å². The number of rotatable bonds is 4. The van der Waals surface area contributed by atoms with E-state index in [2.05, 4.69) is 60.6 Å². The molecule has 1 atom stereocenters. The first-order chi connectivity index (χ1) is 11.1. The lowest BCUT2D eigenvalue weighted by Gasteiger charge is -2.37. The quantitative estimate of drug-likeness (QED) is 0.760. The summed E-state index contributed by atoms with van der Waals surface area (Å²) in [6.45, 7) is 14.3. The normalized spacial score (nSPS) is 22.8. The van der Waals surface area contributed by atoms with Crippen molar-refractivity contribution in [1.29, 1.82) is 0 Å². The van der Waals surface area contributed by atoms with E-state index in [0.29, 0.717) is 0 Å². The van der Waals surface area contributed by atoms with Crippen molar-refractivity contribution in [3.63, 3.8) is 0 Å². The summed E-state index contributed by atoms with van der Waals surface area (Å²) in [5, 5.41) is 0. The molecule has 0 bridgehead atoms. The minimum Gasteiger partial charge on any atom is -0.369 e. The number of hydrogen-bond donors (Lipinski definition) is 0. The fourth-order valence-electron chi connectivity index (χ4n) is 3.69. The Morgan fingerprint density at radius 2 is 1.83 bits per heavy atom. The number of anilines is 1. The average Bonchev–Trinajstić information content (AvgIpc) is 2.57. The molecule has 3 rings (SSSR count). The molecule has 0 amide bonds. The van der Waals surface area contributed by atoms with Gasteiger partial charge in [0.2, 0.25) is 0 Å². The highest BCUT2D eigenvalue weighted by molar-refractivity contribution is 5.47. The molecule has 2 nitrogen and oxygen atoms in total. The second-order valence-electron chi connectivity index (χ2n) is 7.28. The molecule has 0 saturated carbocycles. The Labute approximate surface area is 141 Å². The molecule has 0 aromatic heterocycles. The summed E-state index contributed by atoms with van der Waals surface area (Å²) in [5.74, 6) is 0.720. The first-order valence-corrected chi connectivity index (χ1v) is 8.99. The van der Waals surface area contributed by atoms with E-state index in [9.17, 15) is 0 Å². The van der Waals surface area contributed by atoms with Crippen LogP contribution in [0.2, 0.25) is 0 Å². The van der Waals surface area contributed by atoms with Crippen LogP contribution in [0.1, 0.15) is 31.7 Å². The number of aryl methyl sites for hydroxylation is 1. The van der Waals surface area contributed by atoms with E-state index in [1.165, 1.54) is 55.7 Å². The molecule has 1 aliphatic heterocycles. The largest absolute Gasteiger partial charge is 0.369 e. The molecular formula is C21H30N2. The van der Waals surface area contributed by atoms with Gasteiger partial charge in [-0.2, -0.15) is 0 Å². The van der Waals surface area contributed by atoms with Gasteiger partial charge in [-0.15, -0.1) is 0 Å². The summed E-state index contributed by atoms with van der Waals surface area (Å²) in [6, 6.07) is 8.94. The van der Waals surface area contributed by atoms with Gasteiger partial charge >= 0.3 is 0 Å². The highest BCUT2D eigenvalue weighted by Gasteiger charge is 2.20. The summed E-state index contributed by atoms with van der Waals surface area (Å²) < 4.78 is 0. The smallest absolute Gasteiger partial charge is 0.0367 e. The molecule has 0 N–H and O–H groups in total. The fraction of sp³-hybridized carbons (Fsp3) is 0.524. The molecule has 1 saturated heterocycles. The average molecular weight is 310 g/mol. The standard InChI is InChI=1S/C21H30N2/c1-17(2)20-8-6-19(7-9-20)16-22-12-14-23(15-13-22)21-10-4-18(3)5-11-21/h4-6,10-11,20H,1,7-9,12-16H2,2-3H3/t20-/m0/s1. The van der Waals surface area contributed by atoms with Crippen molar-refractivity contribution >= 4 is 5.69 Å². The van der Waals surface area contributed by atoms with Gasteiger partial charge in [0.05, 0.1) is 0 Å². The van der Waals surface area contributed by atoms with Gasteiger partial charge in [-0.25, -0.2) is 0 Å². The summed E-state index contributed by atoms with van der Waals surface area (Å²) >= 11 is 0. The number of allylic oxidation sites excluding steroid dienone is 2. The van der Waals surface area contributed by atoms with Crippen molar-refractivity contribution in [3.05, 3.63) is 53.6 Å². The zero-order valence-corrected chi connectivity index (χ0v) is 14.7. The monoisotopic (exact) mass is 310 g/mol. The minimum atomic E-state index is 0.720. The number of hydrogen-bond acceptors (Lipinski definition) is 2. The molecular weight excluding hydrogens is 280 g/mol. The van der Waals surface area contributed by atoms with Crippen LogP contribution in [0.15, 0.2) is 48.1 Å². The first kappa shape index (κ1) is 16.3. The molecule has 124 valence electrons. The van der Waals surface area contributed by atoms with E-state index < -0.39 is 0 Å². The van der Waals surface area contributed by atoms with Crippen LogP contribution in [0.5, 0.6) is 0 Å². The van der Waals surface area contributed by atoms with E-state index in [4.69, 9.17) is 0 Å². The van der Waals surface area contributed by atoms with Crippen molar-refractivity contribution in [2.45, 2.75) is 33.1 Å². The summed E-state index contributed by atoms with van der Waals surface area (Å²) in [4.78, 5) is 5.14. The van der Waals surface area contributed by atoms with Gasteiger partial charge in [0, 0.05) is 38.4 Å². The lowest BCUT2D eigenvalue weighted by Crippen LogP contribution is -2.47. The SMILES string of the molecule is C=C(C)[C@H]1CC=C(CN2CCN(c3ccc(C)cc3)CC2)CC1. The highest BCUT2D eigenvalue weighted by Crippen LogP contribution is 2.28. The van der Waals surface area contributed by atoms with E-state index >= 15 is 0 Å². The van der Waals surface area contributed by atoms with Crippen molar-refractivity contribution in [2.75, 3.05) is 37.6 Å². The molecule has 1 fully saturated rings. The minimum absolute atomic E-state index is 0.720. The molecule has 1 aromatic rings. The van der Waals surface area contributed by atoms with Crippen molar-refractivity contribution in [1.82, 2.24) is 4.90 Å². The van der Waals surface area contributed by atoms with Crippen LogP contribution in [0, 0.1) is 12.8 Å². The van der Waals surface area contributed by atoms with Gasteiger partial charge in [-0.1, -0.05) is 41.5 Å². The third-order valence-corrected chi connectivity index (χ3v) is 5.40. The summed E-state index contributed by atoms with van der Waals surface area (Å²) in [5.41, 5.74) is 5.71. The van der Waals surface area contributed by atoms with Crippen LogP contribution in [-0.4, -0.2) is 37.6 Å². The second-order valence-corrected chi connectivity index (χ2v) is 7.28. The summed E-state index contributed by atoms with van der Waals surface area (Å²) in [7, 11) is 0. The van der Waals surface area contributed by atoms with Crippen LogP contribution in [0.4, 0.5) is 5.69 Å². The van der Waals surface area contributed by atoms with Gasteiger partial charge in [0.15, 0.2) is 0 Å². The third kappa shape index (κ3) is 4.26. The maximum Gasteiger partial charge on any atom is 0.0367 e. The second kappa shape index (κ2) is 7.35. The molecule has 1 aliphatic carbocycles. The van der Waals surface area contributed by atoms with E-state index in [-0.39, 0.29) is 0 Å². The summed E-state index contributed by atoms with van der Waals surface area (Å²) in [6.07, 6.45) is 6.24. The molecule has 0 radical (unpaired) electrons. The first-order valence-electron chi connectivity index (χ1n) is 8.99.